The maximum atomic E-state index is 12.7. The van der Waals surface area contributed by atoms with Crippen molar-refractivity contribution in [2.45, 2.75) is 38.0 Å². The Morgan fingerprint density at radius 2 is 1.92 bits per heavy atom. The number of H-pyrrole nitrogens is 1. The molecule has 2 N–H and O–H groups in total. The molecule has 1 aliphatic heterocycles. The molecule has 0 aliphatic carbocycles. The van der Waals surface area contributed by atoms with Gasteiger partial charge in [0, 0.05) is 0 Å². The average Bonchev–Trinajstić information content (AvgIpc) is 2.83. The van der Waals surface area contributed by atoms with Crippen LogP contribution in [0.1, 0.15) is 49.1 Å². The monoisotopic (exact) mass is 361 g/mol. The molecule has 1 aliphatic rings. The number of hydrogen-bond donors (Lipinski definition) is 2. The summed E-state index contributed by atoms with van der Waals surface area (Å²) in [6, 6.07) is 7.80. The van der Waals surface area contributed by atoms with Crippen LogP contribution >= 0.6 is 11.8 Å². The van der Waals surface area contributed by atoms with Crippen molar-refractivity contribution < 1.29 is 9.53 Å². The van der Waals surface area contributed by atoms with Gasteiger partial charge in [0.25, 0.3) is 5.56 Å². The minimum atomic E-state index is -0.195. The largest absolute Gasteiger partial charge is 0.497 e. The lowest BCUT2D eigenvalue weighted by atomic mass is 10.1. The van der Waals surface area contributed by atoms with Crippen LogP contribution < -0.4 is 15.6 Å². The number of amides is 1. The second-order valence-electron chi connectivity index (χ2n) is 6.06. The number of aromatic nitrogens is 2. The van der Waals surface area contributed by atoms with Crippen LogP contribution in [0.4, 0.5) is 5.82 Å². The van der Waals surface area contributed by atoms with Gasteiger partial charge in [0.15, 0.2) is 0 Å². The van der Waals surface area contributed by atoms with E-state index in [1.807, 2.05) is 28.9 Å². The van der Waals surface area contributed by atoms with Crippen LogP contribution in [0.2, 0.25) is 0 Å². The molecule has 0 saturated heterocycles. The molecule has 0 saturated carbocycles. The Morgan fingerprint density at radius 1 is 1.24 bits per heavy atom. The summed E-state index contributed by atoms with van der Waals surface area (Å²) in [6.07, 6.45) is 1.76. The van der Waals surface area contributed by atoms with E-state index < -0.39 is 0 Å². The predicted molar refractivity (Wildman–Crippen MR) is 101 cm³/mol. The topological polar surface area (TPSA) is 76.1 Å². The number of anilines is 1. The molecule has 1 aromatic heterocycles. The van der Waals surface area contributed by atoms with Crippen LogP contribution in [-0.4, -0.2) is 28.6 Å². The predicted octanol–water partition coefficient (Wildman–Crippen LogP) is 3.32. The van der Waals surface area contributed by atoms with E-state index in [0.29, 0.717) is 17.1 Å². The van der Waals surface area contributed by atoms with E-state index in [4.69, 9.17) is 4.74 Å². The lowest BCUT2D eigenvalue weighted by molar-refractivity contribution is -0.113. The zero-order chi connectivity index (χ0) is 18.0. The van der Waals surface area contributed by atoms with E-state index in [1.54, 1.807) is 7.11 Å². The van der Waals surface area contributed by atoms with Crippen molar-refractivity contribution in [1.29, 1.82) is 0 Å². The summed E-state index contributed by atoms with van der Waals surface area (Å²) in [4.78, 5) is 24.9. The third-order valence-electron chi connectivity index (χ3n) is 4.59. The van der Waals surface area contributed by atoms with Crippen LogP contribution in [-0.2, 0) is 4.79 Å². The molecule has 6 nitrogen and oxygen atoms in total. The summed E-state index contributed by atoms with van der Waals surface area (Å²) in [5.41, 5.74) is 1.46. The van der Waals surface area contributed by atoms with Gasteiger partial charge in [-0.2, -0.15) is 0 Å². The fourth-order valence-electron chi connectivity index (χ4n) is 3.21. The Bertz CT molecular complexity index is 806. The van der Waals surface area contributed by atoms with Crippen molar-refractivity contribution in [2.24, 2.45) is 0 Å². The molecular formula is C18H23N3O3S. The second kappa shape index (κ2) is 7.39. The third kappa shape index (κ3) is 3.33. The Labute approximate surface area is 150 Å². The first-order valence-electron chi connectivity index (χ1n) is 8.48. The minimum Gasteiger partial charge on any atom is -0.497 e. The number of carbonyl (C=O) groups excluding carboxylic acids is 1. The lowest BCUT2D eigenvalue weighted by Crippen LogP contribution is -2.19. The summed E-state index contributed by atoms with van der Waals surface area (Å²) in [5, 5.41) is 5.67. The molecule has 25 heavy (non-hydrogen) atoms. The summed E-state index contributed by atoms with van der Waals surface area (Å²) in [7, 11) is 1.62. The van der Waals surface area contributed by atoms with Gasteiger partial charge in [0.1, 0.15) is 11.6 Å². The summed E-state index contributed by atoms with van der Waals surface area (Å²) < 4.78 is 7.04. The zero-order valence-electron chi connectivity index (χ0n) is 14.7. The van der Waals surface area contributed by atoms with E-state index >= 15 is 0 Å². The fourth-order valence-corrected chi connectivity index (χ4v) is 4.34. The maximum absolute atomic E-state index is 12.7. The van der Waals surface area contributed by atoms with Gasteiger partial charge in [0.05, 0.1) is 29.7 Å². The second-order valence-corrected chi connectivity index (χ2v) is 7.15. The standard InChI is InChI=1S/C18H23N3O3S/c1-4-12(5-2)21-17-15(18(23)20-21)16(25-10-14(22)19-17)11-6-8-13(24-3)9-7-11/h6-9,12,16H,4-5,10H2,1-3H3,(H,19,22)(H,20,23). The molecule has 134 valence electrons. The number of rotatable bonds is 5. The van der Waals surface area contributed by atoms with Gasteiger partial charge in [-0.3, -0.25) is 19.4 Å². The van der Waals surface area contributed by atoms with E-state index in [1.165, 1.54) is 11.8 Å². The first-order valence-corrected chi connectivity index (χ1v) is 9.53. The number of nitrogens with one attached hydrogen (secondary N) is 2. The first kappa shape index (κ1) is 17.7. The van der Waals surface area contributed by atoms with E-state index in [2.05, 4.69) is 24.3 Å². The molecule has 0 radical (unpaired) electrons. The fraction of sp³-hybridized carbons (Fsp3) is 0.444. The van der Waals surface area contributed by atoms with Gasteiger partial charge in [-0.15, -0.1) is 11.8 Å². The number of thioether (sulfide) groups is 1. The Hall–Kier alpha value is -2.15. The van der Waals surface area contributed by atoms with Gasteiger partial charge >= 0.3 is 0 Å². The summed E-state index contributed by atoms with van der Waals surface area (Å²) >= 11 is 1.47. The molecule has 3 rings (SSSR count). The molecule has 1 unspecified atom stereocenters. The number of nitrogens with zero attached hydrogens (tertiary/aromatic N) is 1. The lowest BCUT2D eigenvalue weighted by Gasteiger charge is -2.18. The molecule has 7 heteroatoms. The van der Waals surface area contributed by atoms with Crippen molar-refractivity contribution in [1.82, 2.24) is 9.78 Å². The van der Waals surface area contributed by atoms with Crippen LogP contribution in [0.3, 0.4) is 0 Å². The first-order chi connectivity index (χ1) is 12.1. The zero-order valence-corrected chi connectivity index (χ0v) is 15.5. The van der Waals surface area contributed by atoms with E-state index in [-0.39, 0.29) is 22.8 Å². The van der Waals surface area contributed by atoms with Gasteiger partial charge in [-0.1, -0.05) is 26.0 Å². The summed E-state index contributed by atoms with van der Waals surface area (Å²) in [6.45, 7) is 4.15. The number of carbonyl (C=O) groups is 1. The number of benzene rings is 1. The smallest absolute Gasteiger partial charge is 0.270 e. The number of ether oxygens (including phenoxy) is 1. The SMILES string of the molecule is CCC(CC)n1[nH]c(=O)c2c1NC(=O)CSC2c1ccc(OC)cc1. The van der Waals surface area contributed by atoms with Gasteiger partial charge in [-0.05, 0) is 30.5 Å². The van der Waals surface area contributed by atoms with E-state index in [9.17, 15) is 9.59 Å². The highest BCUT2D eigenvalue weighted by Gasteiger charge is 2.31. The number of aromatic amines is 1. The Balaban J connectivity index is 2.11. The van der Waals surface area contributed by atoms with Gasteiger partial charge in [-0.25, -0.2) is 0 Å². The summed E-state index contributed by atoms with van der Waals surface area (Å²) in [5.74, 6) is 1.60. The van der Waals surface area contributed by atoms with Crippen molar-refractivity contribution in [3.63, 3.8) is 0 Å². The van der Waals surface area contributed by atoms with Crippen LogP contribution in [0.5, 0.6) is 5.75 Å². The molecular weight excluding hydrogens is 338 g/mol. The molecule has 2 aromatic rings. The number of fused-ring (bicyclic) bond motifs is 1. The molecule has 0 bridgehead atoms. The highest BCUT2D eigenvalue weighted by atomic mass is 32.2. The third-order valence-corrected chi connectivity index (χ3v) is 5.86. The molecule has 1 aromatic carbocycles. The van der Waals surface area contributed by atoms with E-state index in [0.717, 1.165) is 24.2 Å². The number of hydrogen-bond acceptors (Lipinski definition) is 4. The van der Waals surface area contributed by atoms with Gasteiger partial charge < -0.3 is 10.1 Å². The van der Waals surface area contributed by atoms with Crippen molar-refractivity contribution in [2.75, 3.05) is 18.2 Å². The van der Waals surface area contributed by atoms with Crippen LogP contribution in [0.25, 0.3) is 0 Å². The Morgan fingerprint density at radius 3 is 2.52 bits per heavy atom. The van der Waals surface area contributed by atoms with Crippen molar-refractivity contribution >= 4 is 23.5 Å². The number of methoxy groups -OCH3 is 1. The van der Waals surface area contributed by atoms with Crippen molar-refractivity contribution in [3.05, 3.63) is 45.7 Å². The molecule has 1 amide bonds. The molecule has 0 spiro atoms. The highest BCUT2D eigenvalue weighted by molar-refractivity contribution is 8.00. The van der Waals surface area contributed by atoms with Crippen LogP contribution in [0.15, 0.2) is 29.1 Å². The normalized spacial score (nSPS) is 17.1. The Kier molecular flexibility index (Phi) is 5.22. The maximum Gasteiger partial charge on any atom is 0.270 e. The highest BCUT2D eigenvalue weighted by Crippen LogP contribution is 2.41. The quantitative estimate of drug-likeness (QED) is 0.856. The average molecular weight is 361 g/mol. The van der Waals surface area contributed by atoms with Crippen molar-refractivity contribution in [3.8, 4) is 5.75 Å². The van der Waals surface area contributed by atoms with Gasteiger partial charge in [0.2, 0.25) is 5.91 Å². The van der Waals surface area contributed by atoms with Crippen LogP contribution in [0, 0.1) is 0 Å². The minimum absolute atomic E-state index is 0.0824. The molecule has 1 atom stereocenters. The molecule has 2 heterocycles. The molecule has 0 fully saturated rings.